The number of aromatic nitrogens is 1. The minimum Gasteiger partial charge on any atom is -0.493 e. The number of hydrogen-bond acceptors (Lipinski definition) is 8. The second kappa shape index (κ2) is 11.7. The van der Waals surface area contributed by atoms with E-state index in [2.05, 4.69) is 4.98 Å². The van der Waals surface area contributed by atoms with Crippen LogP contribution in [0.25, 0.3) is 0 Å². The van der Waals surface area contributed by atoms with Crippen LogP contribution in [0.15, 0.2) is 17.5 Å². The van der Waals surface area contributed by atoms with Crippen LogP contribution in [0.4, 0.5) is 13.2 Å². The van der Waals surface area contributed by atoms with E-state index in [1.807, 2.05) is 5.32 Å². The molecule has 0 aliphatic carbocycles. The number of carbonyl (C=O) groups is 3. The summed E-state index contributed by atoms with van der Waals surface area (Å²) < 4.78 is 53.7. The van der Waals surface area contributed by atoms with E-state index in [9.17, 15) is 27.6 Å². The average Bonchev–Trinajstić information content (AvgIpc) is 3.61. The number of nitrogens with one attached hydrogen (secondary N) is 1. The summed E-state index contributed by atoms with van der Waals surface area (Å²) in [5.41, 5.74) is 0.595. The third-order valence-electron chi connectivity index (χ3n) is 6.88. The summed E-state index contributed by atoms with van der Waals surface area (Å²) >= 11 is 1.35. The molecule has 0 saturated carbocycles. The number of methoxy groups -OCH3 is 3. The van der Waals surface area contributed by atoms with E-state index in [4.69, 9.17) is 14.2 Å². The summed E-state index contributed by atoms with van der Waals surface area (Å²) in [7, 11) is 4.44. The van der Waals surface area contributed by atoms with E-state index in [1.54, 1.807) is 22.4 Å². The van der Waals surface area contributed by atoms with E-state index in [1.165, 1.54) is 37.6 Å². The van der Waals surface area contributed by atoms with Crippen LogP contribution in [-0.4, -0.2) is 92.2 Å². The molecule has 1 unspecified atom stereocenters. The maximum atomic E-state index is 13.3. The number of halogens is 3. The van der Waals surface area contributed by atoms with E-state index in [0.29, 0.717) is 48.7 Å². The Labute approximate surface area is 227 Å². The van der Waals surface area contributed by atoms with E-state index in [-0.39, 0.29) is 42.9 Å². The van der Waals surface area contributed by atoms with Gasteiger partial charge in [-0.15, -0.1) is 11.3 Å². The number of alkyl halides is 3. The van der Waals surface area contributed by atoms with Crippen LogP contribution in [0.3, 0.4) is 0 Å². The Morgan fingerprint density at radius 2 is 1.62 bits per heavy atom. The molecule has 4 rings (SSSR count). The summed E-state index contributed by atoms with van der Waals surface area (Å²) in [5, 5.41) is 4.34. The molecule has 0 radical (unpaired) electrons. The fourth-order valence-electron chi connectivity index (χ4n) is 4.83. The first kappa shape index (κ1) is 28.5. The molecule has 212 valence electrons. The van der Waals surface area contributed by atoms with Gasteiger partial charge in [-0.05, 0) is 31.4 Å². The van der Waals surface area contributed by atoms with Crippen molar-refractivity contribution in [3.63, 3.8) is 0 Å². The zero-order valence-corrected chi connectivity index (χ0v) is 22.5. The molecule has 1 N–H and O–H groups in total. The van der Waals surface area contributed by atoms with Gasteiger partial charge in [0.2, 0.25) is 5.75 Å². The van der Waals surface area contributed by atoms with Gasteiger partial charge in [0, 0.05) is 43.5 Å². The molecule has 0 spiro atoms. The highest BCUT2D eigenvalue weighted by Crippen LogP contribution is 2.41. The molecule has 1 atom stereocenters. The van der Waals surface area contributed by atoms with Gasteiger partial charge in [-0.1, -0.05) is 0 Å². The summed E-state index contributed by atoms with van der Waals surface area (Å²) in [6.45, 7) is 1.19. The van der Waals surface area contributed by atoms with Crippen molar-refractivity contribution in [2.24, 2.45) is 0 Å². The van der Waals surface area contributed by atoms with Crippen LogP contribution >= 0.6 is 11.3 Å². The number of thiazole rings is 1. The number of nitrogens with zero attached hydrogens (tertiary/aromatic N) is 3. The van der Waals surface area contributed by atoms with E-state index in [0.717, 1.165) is 5.01 Å². The molecule has 2 aromatic rings. The molecule has 2 aliphatic heterocycles. The van der Waals surface area contributed by atoms with Crippen LogP contribution in [0, 0.1) is 0 Å². The van der Waals surface area contributed by atoms with Crippen molar-refractivity contribution < 1.29 is 41.8 Å². The van der Waals surface area contributed by atoms with Gasteiger partial charge in [0.1, 0.15) is 5.69 Å². The Kier molecular flexibility index (Phi) is 8.52. The quantitative estimate of drug-likeness (QED) is 0.545. The number of hydrogen-bond donors (Lipinski definition) is 1. The normalized spacial score (nSPS) is 18.2. The number of piperidine rings is 1. The lowest BCUT2D eigenvalue weighted by Crippen LogP contribution is -2.44. The number of rotatable bonds is 7. The third-order valence-corrected chi connectivity index (χ3v) is 7.88. The number of amides is 3. The topological polar surface area (TPSA) is 110 Å². The average molecular weight is 571 g/mol. The van der Waals surface area contributed by atoms with Gasteiger partial charge in [-0.25, -0.2) is 4.98 Å². The maximum absolute atomic E-state index is 13.3. The minimum atomic E-state index is -4.96. The smallest absolute Gasteiger partial charge is 0.471 e. The highest BCUT2D eigenvalue weighted by Gasteiger charge is 2.41. The Balaban J connectivity index is 1.35. The van der Waals surface area contributed by atoms with Crippen molar-refractivity contribution in [3.8, 4) is 17.2 Å². The molecular formula is C25H29F3N4O6S. The van der Waals surface area contributed by atoms with Crippen molar-refractivity contribution >= 4 is 29.1 Å². The first-order valence-electron chi connectivity index (χ1n) is 12.3. The number of benzene rings is 1. The second-order valence-electron chi connectivity index (χ2n) is 9.23. The zero-order chi connectivity index (χ0) is 28.3. The van der Waals surface area contributed by atoms with Gasteiger partial charge in [0.25, 0.3) is 11.8 Å². The fourth-order valence-corrected chi connectivity index (χ4v) is 5.80. The molecule has 2 aliphatic rings. The molecule has 2 fully saturated rings. The summed E-state index contributed by atoms with van der Waals surface area (Å²) in [5.74, 6) is -1.43. The van der Waals surface area contributed by atoms with Gasteiger partial charge < -0.3 is 29.3 Å². The lowest BCUT2D eigenvalue weighted by atomic mass is 9.96. The predicted octanol–water partition coefficient (Wildman–Crippen LogP) is 3.08. The summed E-state index contributed by atoms with van der Waals surface area (Å²) in [6, 6.07) is 2.54. The van der Waals surface area contributed by atoms with Gasteiger partial charge in [-0.3, -0.25) is 14.4 Å². The van der Waals surface area contributed by atoms with E-state index >= 15 is 0 Å². The van der Waals surface area contributed by atoms with E-state index < -0.39 is 18.1 Å². The molecule has 0 bridgehead atoms. The van der Waals surface area contributed by atoms with Gasteiger partial charge >= 0.3 is 12.1 Å². The molecule has 1 aromatic heterocycles. The zero-order valence-electron chi connectivity index (χ0n) is 21.7. The SMILES string of the molecule is COc1ccc(C(=O)N2CCC(c3nc(C(=O)N4CCC(NC(=O)C(F)(F)F)C4)cs3)CC2)c(OC)c1OC. The van der Waals surface area contributed by atoms with Gasteiger partial charge in [0.05, 0.1) is 31.9 Å². The fraction of sp³-hybridized carbons (Fsp3) is 0.520. The molecular weight excluding hydrogens is 541 g/mol. The van der Waals surface area contributed by atoms with Crippen molar-refractivity contribution in [3.05, 3.63) is 33.8 Å². The molecule has 3 amide bonds. The summed E-state index contributed by atoms with van der Waals surface area (Å²) in [4.78, 5) is 45.0. The maximum Gasteiger partial charge on any atom is 0.471 e. The highest BCUT2D eigenvalue weighted by molar-refractivity contribution is 7.09. The standard InChI is InChI=1S/C25H29F3N4O6S/c1-36-18-5-4-16(19(37-2)20(18)38-3)22(33)31-9-6-14(7-10-31)21-30-17(13-39-21)23(34)32-11-8-15(12-32)29-24(35)25(26,27)28/h4-5,13-15H,6-12H2,1-3H3,(H,29,35). The molecule has 1 aromatic carbocycles. The van der Waals surface area contributed by atoms with Crippen LogP contribution in [-0.2, 0) is 4.79 Å². The number of carbonyl (C=O) groups excluding carboxylic acids is 3. The first-order valence-corrected chi connectivity index (χ1v) is 13.2. The third kappa shape index (κ3) is 6.05. The van der Waals surface area contributed by atoms with Gasteiger partial charge in [0.15, 0.2) is 11.5 Å². The molecule has 14 heteroatoms. The van der Waals surface area contributed by atoms with Crippen LogP contribution in [0.5, 0.6) is 17.2 Å². The van der Waals surface area contributed by atoms with Crippen LogP contribution in [0.2, 0.25) is 0 Å². The molecule has 10 nitrogen and oxygen atoms in total. The van der Waals surface area contributed by atoms with Crippen molar-refractivity contribution in [1.82, 2.24) is 20.1 Å². The Bertz CT molecular complexity index is 1230. The Morgan fingerprint density at radius 1 is 0.949 bits per heavy atom. The Hall–Kier alpha value is -3.55. The van der Waals surface area contributed by atoms with Gasteiger partial charge in [-0.2, -0.15) is 13.2 Å². The first-order chi connectivity index (χ1) is 18.6. The van der Waals surface area contributed by atoms with Crippen molar-refractivity contribution in [2.45, 2.75) is 37.4 Å². The van der Waals surface area contributed by atoms with Crippen molar-refractivity contribution in [1.29, 1.82) is 0 Å². The lowest BCUT2D eigenvalue weighted by Gasteiger charge is -2.31. The summed E-state index contributed by atoms with van der Waals surface area (Å²) in [6.07, 6.45) is -3.42. The number of likely N-dealkylation sites (tertiary alicyclic amines) is 2. The molecule has 39 heavy (non-hydrogen) atoms. The largest absolute Gasteiger partial charge is 0.493 e. The molecule has 3 heterocycles. The molecule has 2 saturated heterocycles. The monoisotopic (exact) mass is 570 g/mol. The van der Waals surface area contributed by atoms with Crippen LogP contribution < -0.4 is 19.5 Å². The second-order valence-corrected chi connectivity index (χ2v) is 10.1. The van der Waals surface area contributed by atoms with Crippen LogP contribution in [0.1, 0.15) is 51.0 Å². The number of ether oxygens (including phenoxy) is 3. The Morgan fingerprint density at radius 3 is 2.23 bits per heavy atom. The minimum absolute atomic E-state index is 0.00633. The van der Waals surface area contributed by atoms with Crippen molar-refractivity contribution in [2.75, 3.05) is 47.5 Å². The highest BCUT2D eigenvalue weighted by atomic mass is 32.1. The predicted molar refractivity (Wildman–Crippen MR) is 135 cm³/mol. The lowest BCUT2D eigenvalue weighted by molar-refractivity contribution is -0.174.